The van der Waals surface area contributed by atoms with Gasteiger partial charge in [-0.15, -0.1) is 0 Å². The Kier molecular flexibility index (Phi) is 8.15. The van der Waals surface area contributed by atoms with Gasteiger partial charge in [0.25, 0.3) is 0 Å². The number of nitrogens with one attached hydrogen (secondary N) is 1. The summed E-state index contributed by atoms with van der Waals surface area (Å²) in [7, 11) is 0. The zero-order valence-corrected chi connectivity index (χ0v) is 16.2. The van der Waals surface area contributed by atoms with Gasteiger partial charge >= 0.3 is 0 Å². The maximum absolute atomic E-state index is 6.03. The lowest BCUT2D eigenvalue weighted by Crippen LogP contribution is -2.37. The van der Waals surface area contributed by atoms with Crippen molar-refractivity contribution < 1.29 is 14.2 Å². The maximum Gasteiger partial charge on any atom is 0.189 e. The summed E-state index contributed by atoms with van der Waals surface area (Å²) in [5.41, 5.74) is 8.34. The molecule has 6 heteroatoms. The van der Waals surface area contributed by atoms with Gasteiger partial charge in [0.15, 0.2) is 5.96 Å². The third kappa shape index (κ3) is 6.55. The van der Waals surface area contributed by atoms with Crippen molar-refractivity contribution in [2.75, 3.05) is 33.0 Å². The number of hydrogen-bond donors (Lipinski definition) is 2. The Hall–Kier alpha value is -2.57. The molecule has 0 fully saturated rings. The molecule has 1 aliphatic heterocycles. The highest BCUT2D eigenvalue weighted by Crippen LogP contribution is 2.31. The van der Waals surface area contributed by atoms with Crippen molar-refractivity contribution in [3.63, 3.8) is 0 Å². The minimum absolute atomic E-state index is 0.145. The number of nitrogens with two attached hydrogens (primary N) is 1. The van der Waals surface area contributed by atoms with Gasteiger partial charge in [0.2, 0.25) is 0 Å². The van der Waals surface area contributed by atoms with E-state index in [1.807, 2.05) is 36.4 Å². The molecule has 0 saturated heterocycles. The highest BCUT2D eigenvalue weighted by Gasteiger charge is 2.21. The molecule has 0 saturated carbocycles. The first-order valence-corrected chi connectivity index (χ1v) is 9.80. The van der Waals surface area contributed by atoms with Crippen molar-refractivity contribution in [1.29, 1.82) is 0 Å². The molecular weight excluding hydrogens is 354 g/mol. The molecule has 150 valence electrons. The number of para-hydroxylation sites is 1. The highest BCUT2D eigenvalue weighted by atomic mass is 16.5. The van der Waals surface area contributed by atoms with E-state index in [-0.39, 0.29) is 6.04 Å². The van der Waals surface area contributed by atoms with Crippen LogP contribution < -0.4 is 15.8 Å². The highest BCUT2D eigenvalue weighted by molar-refractivity contribution is 5.78. The second kappa shape index (κ2) is 11.3. The van der Waals surface area contributed by atoms with Crippen LogP contribution in [0.2, 0.25) is 0 Å². The first-order chi connectivity index (χ1) is 13.8. The number of rotatable bonds is 10. The molecule has 1 heterocycles. The van der Waals surface area contributed by atoms with E-state index in [9.17, 15) is 0 Å². The van der Waals surface area contributed by atoms with E-state index in [4.69, 9.17) is 19.9 Å². The van der Waals surface area contributed by atoms with Gasteiger partial charge in [-0.2, -0.15) is 0 Å². The van der Waals surface area contributed by atoms with Crippen LogP contribution in [0.25, 0.3) is 0 Å². The summed E-state index contributed by atoms with van der Waals surface area (Å²) in [6.45, 7) is 3.75. The molecule has 0 bridgehead atoms. The maximum atomic E-state index is 6.03. The fraction of sp³-hybridized carbons (Fsp3) is 0.409. The second-order valence-electron chi connectivity index (χ2n) is 6.64. The molecule has 3 N–H and O–H groups in total. The van der Waals surface area contributed by atoms with Crippen LogP contribution in [-0.4, -0.2) is 38.9 Å². The lowest BCUT2D eigenvalue weighted by atomic mass is 10.0. The lowest BCUT2D eigenvalue weighted by Gasteiger charge is -2.26. The summed E-state index contributed by atoms with van der Waals surface area (Å²) in [5, 5.41) is 3.30. The van der Waals surface area contributed by atoms with Crippen LogP contribution >= 0.6 is 0 Å². The molecule has 0 amide bonds. The SMILES string of the molecule is NC(=NCCCOCCOCc1ccccc1)NC1CCOc2ccccc21. The van der Waals surface area contributed by atoms with Gasteiger partial charge in [0.1, 0.15) is 5.75 Å². The van der Waals surface area contributed by atoms with Gasteiger partial charge in [0.05, 0.1) is 32.5 Å². The number of guanidine groups is 1. The van der Waals surface area contributed by atoms with Crippen LogP contribution in [0.1, 0.15) is 30.0 Å². The van der Waals surface area contributed by atoms with Crippen molar-refractivity contribution in [3.05, 3.63) is 65.7 Å². The fourth-order valence-corrected chi connectivity index (χ4v) is 3.07. The molecule has 1 unspecified atom stereocenters. The molecule has 6 nitrogen and oxygen atoms in total. The first-order valence-electron chi connectivity index (χ1n) is 9.80. The summed E-state index contributed by atoms with van der Waals surface area (Å²) in [6, 6.07) is 18.3. The lowest BCUT2D eigenvalue weighted by molar-refractivity contribution is 0.0403. The Labute approximate surface area is 166 Å². The number of hydrogen-bond acceptors (Lipinski definition) is 4. The van der Waals surface area contributed by atoms with Gasteiger partial charge < -0.3 is 25.3 Å². The summed E-state index contributed by atoms with van der Waals surface area (Å²) in [5.74, 6) is 1.38. The molecule has 3 rings (SSSR count). The zero-order valence-electron chi connectivity index (χ0n) is 16.2. The smallest absolute Gasteiger partial charge is 0.189 e. The Bertz CT molecular complexity index is 737. The molecule has 28 heavy (non-hydrogen) atoms. The van der Waals surface area contributed by atoms with Crippen LogP contribution in [0.15, 0.2) is 59.6 Å². The van der Waals surface area contributed by atoms with Crippen LogP contribution in [0.3, 0.4) is 0 Å². The minimum Gasteiger partial charge on any atom is -0.493 e. The van der Waals surface area contributed by atoms with Gasteiger partial charge in [0, 0.05) is 25.1 Å². The van der Waals surface area contributed by atoms with Crippen LogP contribution in [0.4, 0.5) is 0 Å². The van der Waals surface area contributed by atoms with Crippen LogP contribution in [-0.2, 0) is 16.1 Å². The monoisotopic (exact) mass is 383 g/mol. The number of nitrogens with zero attached hydrogens (tertiary/aromatic N) is 1. The molecule has 0 spiro atoms. The number of fused-ring (bicyclic) bond motifs is 1. The topological polar surface area (TPSA) is 78.1 Å². The molecule has 2 aromatic carbocycles. The van der Waals surface area contributed by atoms with E-state index < -0.39 is 0 Å². The van der Waals surface area contributed by atoms with Crippen molar-refractivity contribution in [1.82, 2.24) is 5.32 Å². The molecule has 0 aromatic heterocycles. The van der Waals surface area contributed by atoms with Gasteiger partial charge in [-0.05, 0) is 18.1 Å². The number of benzene rings is 2. The predicted octanol–water partition coefficient (Wildman–Crippen LogP) is 3.04. The first kappa shape index (κ1) is 20.2. The molecule has 2 aromatic rings. The predicted molar refractivity (Wildman–Crippen MR) is 110 cm³/mol. The van der Waals surface area contributed by atoms with Crippen molar-refractivity contribution in [3.8, 4) is 5.75 Å². The number of ether oxygens (including phenoxy) is 3. The molecule has 1 atom stereocenters. The second-order valence-corrected chi connectivity index (χ2v) is 6.64. The van der Waals surface area contributed by atoms with Crippen LogP contribution in [0.5, 0.6) is 5.75 Å². The van der Waals surface area contributed by atoms with E-state index in [0.717, 1.165) is 24.2 Å². The summed E-state index contributed by atoms with van der Waals surface area (Å²) < 4.78 is 16.8. The quantitative estimate of drug-likeness (QED) is 0.375. The van der Waals surface area contributed by atoms with Crippen LogP contribution in [0, 0.1) is 0 Å². The molecule has 0 aliphatic carbocycles. The summed E-state index contributed by atoms with van der Waals surface area (Å²) in [4.78, 5) is 4.40. The minimum atomic E-state index is 0.145. The third-order valence-electron chi connectivity index (χ3n) is 4.49. The van der Waals surface area contributed by atoms with E-state index in [1.54, 1.807) is 0 Å². The average Bonchev–Trinajstić information content (AvgIpc) is 2.73. The average molecular weight is 383 g/mol. The fourth-order valence-electron chi connectivity index (χ4n) is 3.07. The largest absolute Gasteiger partial charge is 0.493 e. The zero-order chi connectivity index (χ0) is 19.4. The van der Waals surface area contributed by atoms with Crippen molar-refractivity contribution in [2.24, 2.45) is 10.7 Å². The normalized spacial score (nSPS) is 16.3. The summed E-state index contributed by atoms with van der Waals surface area (Å²) >= 11 is 0. The van der Waals surface area contributed by atoms with Gasteiger partial charge in [-0.25, -0.2) is 0 Å². The molecule has 1 aliphatic rings. The Morgan fingerprint density at radius 1 is 1.04 bits per heavy atom. The molecule has 0 radical (unpaired) electrons. The van der Waals surface area contributed by atoms with Gasteiger partial charge in [-0.3, -0.25) is 4.99 Å². The van der Waals surface area contributed by atoms with Crippen molar-refractivity contribution in [2.45, 2.75) is 25.5 Å². The summed E-state index contributed by atoms with van der Waals surface area (Å²) in [6.07, 6.45) is 1.70. The van der Waals surface area contributed by atoms with Crippen molar-refractivity contribution >= 4 is 5.96 Å². The Balaban J connectivity index is 1.25. The van der Waals surface area contributed by atoms with Gasteiger partial charge in [-0.1, -0.05) is 48.5 Å². The molecular formula is C22H29N3O3. The third-order valence-corrected chi connectivity index (χ3v) is 4.49. The van der Waals surface area contributed by atoms with E-state index in [0.29, 0.717) is 45.5 Å². The van der Waals surface area contributed by atoms with E-state index >= 15 is 0 Å². The standard InChI is InChI=1S/C22H29N3O3/c23-22(25-20-11-14-28-21-10-5-4-9-19(20)21)24-12-6-13-26-15-16-27-17-18-7-2-1-3-8-18/h1-5,7-10,20H,6,11-17H2,(H3,23,24,25). The number of aliphatic imine (C=N–C) groups is 1. The Morgan fingerprint density at radius 3 is 2.71 bits per heavy atom. The Morgan fingerprint density at radius 2 is 1.82 bits per heavy atom. The van der Waals surface area contributed by atoms with E-state index in [2.05, 4.69) is 28.5 Å². The van der Waals surface area contributed by atoms with E-state index in [1.165, 1.54) is 5.56 Å².